The van der Waals surface area contributed by atoms with E-state index in [4.69, 9.17) is 0 Å². The molecule has 0 aliphatic heterocycles. The van der Waals surface area contributed by atoms with E-state index < -0.39 is 29.3 Å². The minimum atomic E-state index is -4.82. The number of nitrogens with one attached hydrogen (secondary N) is 1. The van der Waals surface area contributed by atoms with Crippen LogP contribution < -0.4 is 10.9 Å². The Kier molecular flexibility index (Phi) is 2.56. The highest BCUT2D eigenvalue weighted by molar-refractivity contribution is 5.99. The average Bonchev–Trinajstić information content (AvgIpc) is 2.80. The fourth-order valence-electron chi connectivity index (χ4n) is 1.31. The molecule has 0 aromatic carbocycles. The lowest BCUT2D eigenvalue weighted by Crippen LogP contribution is -2.29. The van der Waals surface area contributed by atoms with Crippen LogP contribution in [0.25, 0.3) is 11.9 Å². The number of hydrogen-bond acceptors (Lipinski definition) is 5. The van der Waals surface area contributed by atoms with Crippen molar-refractivity contribution in [1.82, 2.24) is 19.6 Å². The van der Waals surface area contributed by atoms with Gasteiger partial charge in [-0.2, -0.15) is 13.2 Å². The highest BCUT2D eigenvalue weighted by atomic mass is 19.4. The van der Waals surface area contributed by atoms with Crippen molar-refractivity contribution in [1.29, 1.82) is 0 Å². The summed E-state index contributed by atoms with van der Waals surface area (Å²) in [5, 5.41) is 5.66. The molecule has 0 aliphatic rings. The highest BCUT2D eigenvalue weighted by Gasteiger charge is 2.38. The zero-order chi connectivity index (χ0) is 13.5. The summed E-state index contributed by atoms with van der Waals surface area (Å²) in [5.41, 5.74) is -1.08. The van der Waals surface area contributed by atoms with Crippen molar-refractivity contribution >= 4 is 17.8 Å². The molecule has 0 spiro atoms. The molecule has 0 saturated carbocycles. The Morgan fingerprint density at radius 3 is 2.67 bits per heavy atom. The molecule has 0 fully saturated rings. The van der Waals surface area contributed by atoms with Gasteiger partial charge in [-0.15, -0.1) is 10.2 Å². The smallest absolute Gasteiger partial charge is 0.452 e. The van der Waals surface area contributed by atoms with Gasteiger partial charge in [0, 0.05) is 0 Å². The van der Waals surface area contributed by atoms with Crippen LogP contribution in [0.4, 0.5) is 13.2 Å². The van der Waals surface area contributed by atoms with E-state index in [9.17, 15) is 22.8 Å². The fourth-order valence-corrected chi connectivity index (χ4v) is 1.31. The Bertz CT molecular complexity index is 714. The van der Waals surface area contributed by atoms with E-state index in [2.05, 4.69) is 19.9 Å². The number of carbonyl (C=O) groups excluding carboxylic acids is 1. The van der Waals surface area contributed by atoms with Crippen molar-refractivity contribution in [3.63, 3.8) is 0 Å². The van der Waals surface area contributed by atoms with Crippen LogP contribution in [0.5, 0.6) is 0 Å². The molecular formula is C8H5F3N4O3. The van der Waals surface area contributed by atoms with Gasteiger partial charge < -0.3 is 9.72 Å². The van der Waals surface area contributed by atoms with Gasteiger partial charge in [0.15, 0.2) is 0 Å². The number of rotatable bonds is 1. The molecule has 1 N–H and O–H groups in total. The predicted molar refractivity (Wildman–Crippen MR) is 50.3 cm³/mol. The molecule has 10 heteroatoms. The largest absolute Gasteiger partial charge is 0.466 e. The molecule has 96 valence electrons. The molecule has 0 saturated heterocycles. The second-order valence-electron chi connectivity index (χ2n) is 3.19. The van der Waals surface area contributed by atoms with Crippen molar-refractivity contribution in [2.75, 3.05) is 7.11 Å². The molecule has 0 radical (unpaired) electrons. The third-order valence-electron chi connectivity index (χ3n) is 2.06. The van der Waals surface area contributed by atoms with Gasteiger partial charge >= 0.3 is 12.1 Å². The van der Waals surface area contributed by atoms with Gasteiger partial charge in [0.2, 0.25) is 11.6 Å². The second kappa shape index (κ2) is 3.82. The van der Waals surface area contributed by atoms with Crippen LogP contribution in [-0.4, -0.2) is 32.7 Å². The van der Waals surface area contributed by atoms with Crippen LogP contribution in [0.3, 0.4) is 0 Å². The monoisotopic (exact) mass is 262 g/mol. The van der Waals surface area contributed by atoms with E-state index in [1.807, 2.05) is 0 Å². The third kappa shape index (κ3) is 1.81. The van der Waals surface area contributed by atoms with E-state index in [0.717, 1.165) is 13.2 Å². The summed E-state index contributed by atoms with van der Waals surface area (Å²) in [5.74, 6) is -2.73. The second-order valence-corrected chi connectivity index (χ2v) is 3.19. The van der Waals surface area contributed by atoms with Crippen LogP contribution in [0.15, 0.2) is 4.79 Å². The molecule has 18 heavy (non-hydrogen) atoms. The SMILES string of the molecule is COC(=O)/C=c1/[nH]c2nnc(C(F)(F)F)n2c1=O. The number of imidazole rings is 1. The van der Waals surface area contributed by atoms with Gasteiger partial charge in [-0.1, -0.05) is 0 Å². The number of aromatic nitrogens is 4. The van der Waals surface area contributed by atoms with E-state index >= 15 is 0 Å². The fraction of sp³-hybridized carbons (Fsp3) is 0.250. The number of halogens is 3. The van der Waals surface area contributed by atoms with Crippen molar-refractivity contribution in [3.8, 4) is 0 Å². The summed E-state index contributed by atoms with van der Waals surface area (Å²) in [6.07, 6.45) is -4.08. The van der Waals surface area contributed by atoms with Crippen LogP contribution in [0.1, 0.15) is 5.82 Å². The first-order valence-corrected chi connectivity index (χ1v) is 4.48. The first-order chi connectivity index (χ1) is 8.34. The molecule has 0 aliphatic carbocycles. The van der Waals surface area contributed by atoms with Crippen LogP contribution in [0.2, 0.25) is 0 Å². The minimum absolute atomic E-state index is 0.245. The molecule has 7 nitrogen and oxygen atoms in total. The van der Waals surface area contributed by atoms with Gasteiger partial charge in [0.25, 0.3) is 5.56 Å². The summed E-state index contributed by atoms with van der Waals surface area (Å²) >= 11 is 0. The van der Waals surface area contributed by atoms with Gasteiger partial charge in [-0.3, -0.25) is 4.79 Å². The number of methoxy groups -OCH3 is 1. The molecule has 2 heterocycles. The number of ether oxygens (including phenoxy) is 1. The number of hydrogen-bond donors (Lipinski definition) is 1. The highest BCUT2D eigenvalue weighted by Crippen LogP contribution is 2.26. The number of fused-ring (bicyclic) bond motifs is 1. The normalized spacial score (nSPS) is 13.2. The molecule has 0 bridgehead atoms. The summed E-state index contributed by atoms with van der Waals surface area (Å²) in [6.45, 7) is 0. The van der Waals surface area contributed by atoms with E-state index in [1.165, 1.54) is 0 Å². The summed E-state index contributed by atoms with van der Waals surface area (Å²) in [7, 11) is 1.07. The third-order valence-corrected chi connectivity index (χ3v) is 2.06. The molecule has 2 rings (SSSR count). The zero-order valence-electron chi connectivity index (χ0n) is 8.78. The quantitative estimate of drug-likeness (QED) is 0.673. The Morgan fingerprint density at radius 1 is 1.44 bits per heavy atom. The van der Waals surface area contributed by atoms with Crippen molar-refractivity contribution in [2.45, 2.75) is 6.18 Å². The lowest BCUT2D eigenvalue weighted by Gasteiger charge is -1.99. The van der Waals surface area contributed by atoms with E-state index in [-0.39, 0.29) is 9.75 Å². The Morgan fingerprint density at radius 2 is 2.11 bits per heavy atom. The number of H-pyrrole nitrogens is 1. The Hall–Kier alpha value is -2.39. The molecular weight excluding hydrogens is 257 g/mol. The van der Waals surface area contributed by atoms with Crippen LogP contribution in [0, 0.1) is 0 Å². The lowest BCUT2D eigenvalue weighted by atomic mass is 10.5. The van der Waals surface area contributed by atoms with Crippen molar-refractivity contribution < 1.29 is 22.7 Å². The summed E-state index contributed by atoms with van der Waals surface area (Å²) in [4.78, 5) is 24.8. The number of carbonyl (C=O) groups is 1. The van der Waals surface area contributed by atoms with Gasteiger partial charge in [-0.05, 0) is 0 Å². The van der Waals surface area contributed by atoms with Gasteiger partial charge in [0.1, 0.15) is 5.35 Å². The molecule has 0 unspecified atom stereocenters. The first kappa shape index (κ1) is 12.1. The number of alkyl halides is 3. The lowest BCUT2D eigenvalue weighted by molar-refractivity contribution is -0.145. The van der Waals surface area contributed by atoms with Crippen LogP contribution in [-0.2, 0) is 15.7 Å². The summed E-state index contributed by atoms with van der Waals surface area (Å²) < 4.78 is 42.0. The van der Waals surface area contributed by atoms with Crippen molar-refractivity contribution in [2.24, 2.45) is 0 Å². The van der Waals surface area contributed by atoms with Crippen molar-refractivity contribution in [3.05, 3.63) is 21.5 Å². The molecule has 0 atom stereocenters. The van der Waals surface area contributed by atoms with E-state index in [0.29, 0.717) is 0 Å². The maximum Gasteiger partial charge on any atom is 0.452 e. The maximum atomic E-state index is 12.5. The first-order valence-electron chi connectivity index (χ1n) is 4.48. The van der Waals surface area contributed by atoms with Gasteiger partial charge in [0.05, 0.1) is 13.2 Å². The van der Waals surface area contributed by atoms with Gasteiger partial charge in [-0.25, -0.2) is 9.20 Å². The minimum Gasteiger partial charge on any atom is -0.466 e. The Balaban J connectivity index is 2.74. The van der Waals surface area contributed by atoms with E-state index in [1.54, 1.807) is 0 Å². The number of nitrogens with zero attached hydrogens (tertiary/aromatic N) is 3. The number of aromatic amines is 1. The number of esters is 1. The molecule has 2 aromatic rings. The predicted octanol–water partition coefficient (Wildman–Crippen LogP) is -0.891. The Labute approximate surface area is 95.9 Å². The average molecular weight is 262 g/mol. The summed E-state index contributed by atoms with van der Waals surface area (Å²) in [6, 6.07) is 0. The molecule has 2 aromatic heterocycles. The zero-order valence-corrected chi connectivity index (χ0v) is 8.78. The van der Waals surface area contributed by atoms with Crippen LogP contribution >= 0.6 is 0 Å². The maximum absolute atomic E-state index is 12.5. The topological polar surface area (TPSA) is 89.3 Å². The molecule has 0 amide bonds. The standard InChI is InChI=1S/C8H5F3N4O3/c1-18-4(16)2-3-5(17)15-6(8(9,10)11)13-14-7(15)12-3/h2H,1H3,(H,12,14)/b3-2+.